The highest BCUT2D eigenvalue weighted by Gasteiger charge is 2.01. The van der Waals surface area contributed by atoms with Gasteiger partial charge < -0.3 is 14.3 Å². The molecular formula is C13H14ClN5. The van der Waals surface area contributed by atoms with Gasteiger partial charge in [0.15, 0.2) is 0 Å². The summed E-state index contributed by atoms with van der Waals surface area (Å²) in [7, 11) is 0. The summed E-state index contributed by atoms with van der Waals surface area (Å²) < 4.78 is 3.98. The van der Waals surface area contributed by atoms with E-state index in [1.807, 2.05) is 46.0 Å². The minimum absolute atomic E-state index is 0.713. The summed E-state index contributed by atoms with van der Waals surface area (Å²) in [4.78, 5) is 8.51. The third-order valence-corrected chi connectivity index (χ3v) is 3.10. The maximum Gasteiger partial charge on any atom is 0.137 e. The summed E-state index contributed by atoms with van der Waals surface area (Å²) in [5, 5.41) is 4.07. The van der Waals surface area contributed by atoms with Gasteiger partial charge >= 0.3 is 0 Å². The summed E-state index contributed by atoms with van der Waals surface area (Å²) in [6.07, 6.45) is 9.40. The van der Waals surface area contributed by atoms with E-state index < -0.39 is 0 Å². The maximum absolute atomic E-state index is 5.94. The standard InChI is InChI=1S/C13H14ClN5/c14-11-1-2-13-17-12(9-19(13)8-11)7-15-3-5-18-6-4-16-10-18/h1-2,4,6,8-10,15H,3,5,7H2. The van der Waals surface area contributed by atoms with Crippen molar-refractivity contribution < 1.29 is 0 Å². The lowest BCUT2D eigenvalue weighted by Gasteiger charge is -2.02. The zero-order valence-electron chi connectivity index (χ0n) is 10.3. The minimum atomic E-state index is 0.713. The van der Waals surface area contributed by atoms with Crippen LogP contribution in [0.5, 0.6) is 0 Å². The Morgan fingerprint density at radius 2 is 2.21 bits per heavy atom. The number of hydrogen-bond donors (Lipinski definition) is 1. The van der Waals surface area contributed by atoms with E-state index in [0.717, 1.165) is 31.0 Å². The molecule has 19 heavy (non-hydrogen) atoms. The normalized spacial score (nSPS) is 11.2. The second kappa shape index (κ2) is 5.42. The van der Waals surface area contributed by atoms with Crippen LogP contribution in [0.3, 0.4) is 0 Å². The first-order valence-electron chi connectivity index (χ1n) is 6.11. The van der Waals surface area contributed by atoms with E-state index in [1.54, 1.807) is 6.20 Å². The van der Waals surface area contributed by atoms with Crippen molar-refractivity contribution in [2.45, 2.75) is 13.1 Å². The number of fused-ring (bicyclic) bond motifs is 1. The van der Waals surface area contributed by atoms with E-state index in [1.165, 1.54) is 0 Å². The molecule has 0 aliphatic heterocycles. The Balaban J connectivity index is 1.56. The molecule has 0 fully saturated rings. The largest absolute Gasteiger partial charge is 0.336 e. The smallest absolute Gasteiger partial charge is 0.137 e. The molecule has 3 aromatic rings. The third-order valence-electron chi connectivity index (χ3n) is 2.88. The summed E-state index contributed by atoms with van der Waals surface area (Å²) >= 11 is 5.94. The van der Waals surface area contributed by atoms with Crippen LogP contribution in [0.4, 0.5) is 0 Å². The monoisotopic (exact) mass is 275 g/mol. The van der Waals surface area contributed by atoms with Crippen molar-refractivity contribution in [3.63, 3.8) is 0 Å². The number of imidazole rings is 2. The van der Waals surface area contributed by atoms with Gasteiger partial charge in [0.1, 0.15) is 5.65 Å². The quantitative estimate of drug-likeness (QED) is 0.724. The van der Waals surface area contributed by atoms with Gasteiger partial charge in [-0.05, 0) is 12.1 Å². The molecule has 3 aromatic heterocycles. The van der Waals surface area contributed by atoms with Crippen molar-refractivity contribution in [2.24, 2.45) is 0 Å². The lowest BCUT2D eigenvalue weighted by Crippen LogP contribution is -2.19. The maximum atomic E-state index is 5.94. The van der Waals surface area contributed by atoms with Gasteiger partial charge in [-0.3, -0.25) is 0 Å². The molecule has 1 N–H and O–H groups in total. The summed E-state index contributed by atoms with van der Waals surface area (Å²) in [6, 6.07) is 3.76. The van der Waals surface area contributed by atoms with Crippen LogP contribution in [0.25, 0.3) is 5.65 Å². The van der Waals surface area contributed by atoms with Gasteiger partial charge in [0.25, 0.3) is 0 Å². The van der Waals surface area contributed by atoms with E-state index in [4.69, 9.17) is 11.6 Å². The van der Waals surface area contributed by atoms with Gasteiger partial charge in [-0.1, -0.05) is 11.6 Å². The Morgan fingerprint density at radius 3 is 3.05 bits per heavy atom. The van der Waals surface area contributed by atoms with Crippen molar-refractivity contribution in [3.8, 4) is 0 Å². The fraction of sp³-hybridized carbons (Fsp3) is 0.231. The molecule has 98 valence electrons. The summed E-state index contributed by atoms with van der Waals surface area (Å²) in [5.41, 5.74) is 1.92. The zero-order chi connectivity index (χ0) is 13.1. The highest BCUT2D eigenvalue weighted by atomic mass is 35.5. The van der Waals surface area contributed by atoms with Gasteiger partial charge in [0.2, 0.25) is 0 Å². The van der Waals surface area contributed by atoms with Crippen molar-refractivity contribution in [1.29, 1.82) is 0 Å². The van der Waals surface area contributed by atoms with Crippen molar-refractivity contribution in [1.82, 2.24) is 24.3 Å². The van der Waals surface area contributed by atoms with Crippen LogP contribution in [0.1, 0.15) is 5.69 Å². The molecule has 0 radical (unpaired) electrons. The molecule has 0 aliphatic carbocycles. The highest BCUT2D eigenvalue weighted by Crippen LogP contribution is 2.11. The predicted molar refractivity (Wildman–Crippen MR) is 74.1 cm³/mol. The van der Waals surface area contributed by atoms with E-state index in [0.29, 0.717) is 5.02 Å². The number of pyridine rings is 1. The van der Waals surface area contributed by atoms with Crippen LogP contribution in [-0.4, -0.2) is 25.5 Å². The second-order valence-corrected chi connectivity index (χ2v) is 4.76. The summed E-state index contributed by atoms with van der Waals surface area (Å²) in [5.74, 6) is 0. The molecule has 0 atom stereocenters. The molecule has 0 unspecified atom stereocenters. The number of nitrogens with zero attached hydrogens (tertiary/aromatic N) is 4. The van der Waals surface area contributed by atoms with Crippen molar-refractivity contribution in [2.75, 3.05) is 6.54 Å². The van der Waals surface area contributed by atoms with E-state index in [-0.39, 0.29) is 0 Å². The molecule has 0 aromatic carbocycles. The van der Waals surface area contributed by atoms with E-state index >= 15 is 0 Å². The SMILES string of the molecule is Clc1ccc2nc(CNCCn3ccnc3)cn2c1. The second-order valence-electron chi connectivity index (χ2n) is 4.32. The van der Waals surface area contributed by atoms with Gasteiger partial charge in [0.05, 0.1) is 17.0 Å². The first-order chi connectivity index (χ1) is 9.31. The van der Waals surface area contributed by atoms with Crippen LogP contribution < -0.4 is 5.32 Å². The molecule has 0 saturated heterocycles. The molecule has 3 heterocycles. The number of nitrogens with one attached hydrogen (secondary N) is 1. The average molecular weight is 276 g/mol. The van der Waals surface area contributed by atoms with Gasteiger partial charge in [-0.25, -0.2) is 9.97 Å². The fourth-order valence-electron chi connectivity index (χ4n) is 1.95. The molecule has 5 nitrogen and oxygen atoms in total. The van der Waals surface area contributed by atoms with E-state index in [9.17, 15) is 0 Å². The van der Waals surface area contributed by atoms with Gasteiger partial charge in [-0.15, -0.1) is 0 Å². The predicted octanol–water partition coefficient (Wildman–Crippen LogP) is 1.97. The fourth-order valence-corrected chi connectivity index (χ4v) is 2.11. The van der Waals surface area contributed by atoms with E-state index in [2.05, 4.69) is 15.3 Å². The lowest BCUT2D eigenvalue weighted by atomic mass is 10.4. The van der Waals surface area contributed by atoms with Crippen molar-refractivity contribution >= 4 is 17.2 Å². The minimum Gasteiger partial charge on any atom is -0.336 e. The van der Waals surface area contributed by atoms with Crippen LogP contribution in [-0.2, 0) is 13.1 Å². The Morgan fingerprint density at radius 1 is 1.26 bits per heavy atom. The highest BCUT2D eigenvalue weighted by molar-refractivity contribution is 6.30. The van der Waals surface area contributed by atoms with Crippen LogP contribution >= 0.6 is 11.6 Å². The molecule has 6 heteroatoms. The van der Waals surface area contributed by atoms with Crippen LogP contribution in [0.2, 0.25) is 5.02 Å². The molecule has 0 amide bonds. The zero-order valence-corrected chi connectivity index (χ0v) is 11.1. The Bertz CT molecular complexity index is 659. The van der Waals surface area contributed by atoms with Crippen molar-refractivity contribution in [3.05, 3.63) is 54.0 Å². The molecule has 0 saturated carbocycles. The van der Waals surface area contributed by atoms with Crippen LogP contribution in [0.15, 0.2) is 43.2 Å². The Hall–Kier alpha value is -1.85. The number of hydrogen-bond acceptors (Lipinski definition) is 3. The molecule has 0 aliphatic rings. The molecule has 0 bridgehead atoms. The average Bonchev–Trinajstić information content (AvgIpc) is 3.02. The van der Waals surface area contributed by atoms with Gasteiger partial charge in [-0.2, -0.15) is 0 Å². The number of rotatable bonds is 5. The molecular weight excluding hydrogens is 262 g/mol. The topological polar surface area (TPSA) is 47.2 Å². The summed E-state index contributed by atoms with van der Waals surface area (Å²) in [6.45, 7) is 2.53. The Kier molecular flexibility index (Phi) is 3.48. The third kappa shape index (κ3) is 2.94. The van der Waals surface area contributed by atoms with Crippen LogP contribution in [0, 0.1) is 0 Å². The first kappa shape index (κ1) is 12.2. The lowest BCUT2D eigenvalue weighted by molar-refractivity contribution is 0.593. The molecule has 3 rings (SSSR count). The Labute approximate surface area is 115 Å². The number of halogens is 1. The number of aromatic nitrogens is 4. The van der Waals surface area contributed by atoms with Gasteiger partial charge in [0, 0.05) is 44.4 Å². The first-order valence-corrected chi connectivity index (χ1v) is 6.49. The molecule has 0 spiro atoms.